The summed E-state index contributed by atoms with van der Waals surface area (Å²) in [5, 5.41) is 5.49. The Morgan fingerprint density at radius 3 is 2.60 bits per heavy atom. The number of aromatic nitrogens is 4. The highest BCUT2D eigenvalue weighted by Crippen LogP contribution is 2.34. The van der Waals surface area contributed by atoms with Gasteiger partial charge in [-0.25, -0.2) is 9.78 Å². The summed E-state index contributed by atoms with van der Waals surface area (Å²) >= 11 is 0. The highest BCUT2D eigenvalue weighted by molar-refractivity contribution is 6.10. The van der Waals surface area contributed by atoms with E-state index < -0.39 is 23.1 Å². The molecule has 0 aliphatic carbocycles. The summed E-state index contributed by atoms with van der Waals surface area (Å²) in [5.41, 5.74) is 0.268. The van der Waals surface area contributed by atoms with Gasteiger partial charge in [0.15, 0.2) is 22.7 Å². The molecular formula is C23H20N6O6. The first-order valence-electron chi connectivity index (χ1n) is 10.5. The summed E-state index contributed by atoms with van der Waals surface area (Å²) in [6.07, 6.45) is 1.32. The van der Waals surface area contributed by atoms with E-state index in [4.69, 9.17) is 9.47 Å². The highest BCUT2D eigenvalue weighted by atomic mass is 16.7. The summed E-state index contributed by atoms with van der Waals surface area (Å²) in [5.74, 6) is 0.207. The van der Waals surface area contributed by atoms with E-state index in [-0.39, 0.29) is 30.1 Å². The largest absolute Gasteiger partial charge is 0.454 e. The van der Waals surface area contributed by atoms with Crippen molar-refractivity contribution in [3.8, 4) is 11.5 Å². The number of carbonyl (C=O) groups excluding carboxylic acids is 2. The van der Waals surface area contributed by atoms with Crippen molar-refractivity contribution >= 4 is 34.4 Å². The summed E-state index contributed by atoms with van der Waals surface area (Å²) in [4.78, 5) is 54.6. The lowest BCUT2D eigenvalue weighted by Crippen LogP contribution is -2.37. The Bertz CT molecular complexity index is 1620. The lowest BCUT2D eigenvalue weighted by Gasteiger charge is -2.12. The van der Waals surface area contributed by atoms with E-state index >= 15 is 0 Å². The van der Waals surface area contributed by atoms with Gasteiger partial charge in [0.05, 0.1) is 17.6 Å². The fourth-order valence-electron chi connectivity index (χ4n) is 3.82. The molecule has 1 aliphatic rings. The predicted octanol–water partition coefficient (Wildman–Crippen LogP) is 1.05. The van der Waals surface area contributed by atoms with Crippen molar-refractivity contribution in [2.24, 2.45) is 14.1 Å². The van der Waals surface area contributed by atoms with Gasteiger partial charge in [0, 0.05) is 25.8 Å². The number of aryl methyl sites for hydroxylation is 1. The topological polar surface area (TPSA) is 138 Å². The maximum atomic E-state index is 12.9. The number of nitrogens with zero attached hydrogens (tertiary/aromatic N) is 4. The smallest absolute Gasteiger partial charge is 0.332 e. The zero-order chi connectivity index (χ0) is 24.7. The van der Waals surface area contributed by atoms with Crippen LogP contribution in [-0.4, -0.2) is 37.3 Å². The van der Waals surface area contributed by atoms with Crippen LogP contribution in [0.25, 0.3) is 11.2 Å². The van der Waals surface area contributed by atoms with Gasteiger partial charge in [-0.3, -0.25) is 23.5 Å². The molecule has 5 rings (SSSR count). The van der Waals surface area contributed by atoms with E-state index in [0.29, 0.717) is 22.9 Å². The molecule has 0 saturated heterocycles. The fourth-order valence-corrected chi connectivity index (χ4v) is 3.82. The van der Waals surface area contributed by atoms with Crippen LogP contribution >= 0.6 is 0 Å². The van der Waals surface area contributed by atoms with Gasteiger partial charge < -0.3 is 24.7 Å². The first-order chi connectivity index (χ1) is 16.8. The summed E-state index contributed by atoms with van der Waals surface area (Å²) in [6, 6.07) is 11.6. The lowest BCUT2D eigenvalue weighted by atomic mass is 10.1. The summed E-state index contributed by atoms with van der Waals surface area (Å²) in [7, 11) is 2.85. The summed E-state index contributed by atoms with van der Waals surface area (Å²) < 4.78 is 14.2. The molecule has 2 aromatic carbocycles. The molecule has 0 radical (unpaired) electrons. The molecule has 1 aliphatic heterocycles. The molecule has 0 atom stereocenters. The maximum absolute atomic E-state index is 12.9. The van der Waals surface area contributed by atoms with Crippen LogP contribution in [0.3, 0.4) is 0 Å². The molecule has 0 bridgehead atoms. The van der Waals surface area contributed by atoms with Crippen LogP contribution in [0.1, 0.15) is 10.4 Å². The minimum atomic E-state index is -0.558. The van der Waals surface area contributed by atoms with E-state index in [0.717, 1.165) is 4.57 Å². The van der Waals surface area contributed by atoms with E-state index in [1.807, 2.05) is 0 Å². The molecule has 12 nitrogen and oxygen atoms in total. The second kappa shape index (κ2) is 8.48. The maximum Gasteiger partial charge on any atom is 0.332 e. The van der Waals surface area contributed by atoms with Gasteiger partial charge in [0.2, 0.25) is 12.7 Å². The Hall–Kier alpha value is -4.87. The third-order valence-electron chi connectivity index (χ3n) is 5.61. The van der Waals surface area contributed by atoms with Crippen LogP contribution in [0.5, 0.6) is 11.5 Å². The highest BCUT2D eigenvalue weighted by Gasteiger charge is 2.19. The van der Waals surface area contributed by atoms with Crippen molar-refractivity contribution in [3.05, 3.63) is 75.2 Å². The van der Waals surface area contributed by atoms with Crippen LogP contribution in [0.2, 0.25) is 0 Å². The van der Waals surface area contributed by atoms with Crippen LogP contribution < -0.4 is 31.4 Å². The second-order valence-electron chi connectivity index (χ2n) is 7.87. The molecule has 35 heavy (non-hydrogen) atoms. The number of ether oxygens (including phenoxy) is 2. The summed E-state index contributed by atoms with van der Waals surface area (Å²) in [6.45, 7) is -0.127. The first-order valence-corrected chi connectivity index (χ1v) is 10.5. The lowest BCUT2D eigenvalue weighted by molar-refractivity contribution is -0.116. The monoisotopic (exact) mass is 476 g/mol. The van der Waals surface area contributed by atoms with Gasteiger partial charge in [-0.05, 0) is 24.3 Å². The molecule has 3 heterocycles. The zero-order valence-electron chi connectivity index (χ0n) is 18.8. The van der Waals surface area contributed by atoms with Crippen molar-refractivity contribution in [2.75, 3.05) is 17.4 Å². The fraction of sp³-hybridized carbons (Fsp3) is 0.174. The SMILES string of the molecule is Cn1c(=O)c2c(ncn2CC(=O)Nc2ccccc2C(=O)Nc2ccc3c(c2)OCO3)n(C)c1=O. The molecule has 2 amide bonds. The number of fused-ring (bicyclic) bond motifs is 2. The van der Waals surface area contributed by atoms with E-state index in [2.05, 4.69) is 15.6 Å². The van der Waals surface area contributed by atoms with Crippen molar-refractivity contribution in [1.29, 1.82) is 0 Å². The third kappa shape index (κ3) is 3.90. The Morgan fingerprint density at radius 2 is 1.77 bits per heavy atom. The van der Waals surface area contributed by atoms with Gasteiger partial charge in [0.25, 0.3) is 11.5 Å². The van der Waals surface area contributed by atoms with E-state index in [1.165, 1.54) is 29.6 Å². The Balaban J connectivity index is 1.36. The van der Waals surface area contributed by atoms with E-state index in [9.17, 15) is 19.2 Å². The van der Waals surface area contributed by atoms with Crippen molar-refractivity contribution in [2.45, 2.75) is 6.54 Å². The third-order valence-corrected chi connectivity index (χ3v) is 5.61. The van der Waals surface area contributed by atoms with Crippen molar-refractivity contribution < 1.29 is 19.1 Å². The van der Waals surface area contributed by atoms with Gasteiger partial charge in [0.1, 0.15) is 6.54 Å². The quantitative estimate of drug-likeness (QED) is 0.439. The van der Waals surface area contributed by atoms with E-state index in [1.54, 1.807) is 42.5 Å². The molecule has 2 aromatic heterocycles. The van der Waals surface area contributed by atoms with Crippen molar-refractivity contribution in [1.82, 2.24) is 18.7 Å². The van der Waals surface area contributed by atoms with Crippen LogP contribution in [-0.2, 0) is 25.4 Å². The van der Waals surface area contributed by atoms with Crippen LogP contribution in [0.15, 0.2) is 58.4 Å². The number of hydrogen-bond acceptors (Lipinski definition) is 7. The van der Waals surface area contributed by atoms with Gasteiger partial charge >= 0.3 is 5.69 Å². The number of imidazole rings is 1. The Kier molecular flexibility index (Phi) is 5.32. The first kappa shape index (κ1) is 21.9. The van der Waals surface area contributed by atoms with Crippen LogP contribution in [0.4, 0.5) is 11.4 Å². The van der Waals surface area contributed by atoms with Crippen molar-refractivity contribution in [3.63, 3.8) is 0 Å². The molecule has 0 spiro atoms. The molecule has 0 saturated carbocycles. The number of carbonyl (C=O) groups is 2. The van der Waals surface area contributed by atoms with Gasteiger partial charge in [-0.2, -0.15) is 0 Å². The minimum absolute atomic E-state index is 0.121. The number of para-hydroxylation sites is 1. The Labute approximate surface area is 197 Å². The molecule has 0 fully saturated rings. The van der Waals surface area contributed by atoms with Gasteiger partial charge in [-0.15, -0.1) is 0 Å². The zero-order valence-corrected chi connectivity index (χ0v) is 18.8. The number of benzene rings is 2. The molecular weight excluding hydrogens is 456 g/mol. The molecule has 12 heteroatoms. The minimum Gasteiger partial charge on any atom is -0.454 e. The van der Waals surface area contributed by atoms with Gasteiger partial charge in [-0.1, -0.05) is 12.1 Å². The number of rotatable bonds is 5. The average molecular weight is 476 g/mol. The molecule has 178 valence electrons. The average Bonchev–Trinajstić information content (AvgIpc) is 3.48. The Morgan fingerprint density at radius 1 is 1.00 bits per heavy atom. The standard InChI is InChI=1S/C23H20N6O6/c1-27-20-19(22(32)28(2)23(27)33)29(11-24-20)10-18(30)26-15-6-4-3-5-14(15)21(31)25-13-7-8-16-17(9-13)35-12-34-16/h3-9,11H,10,12H2,1-2H3,(H,25,31)(H,26,30). The number of amides is 2. The molecule has 4 aromatic rings. The molecule has 2 N–H and O–H groups in total. The number of hydrogen-bond donors (Lipinski definition) is 2. The molecule has 0 unspecified atom stereocenters. The normalized spacial score (nSPS) is 12.1. The second-order valence-corrected chi connectivity index (χ2v) is 7.87. The predicted molar refractivity (Wildman–Crippen MR) is 126 cm³/mol. The number of nitrogens with one attached hydrogen (secondary N) is 2. The number of anilines is 2. The van der Waals surface area contributed by atoms with Crippen LogP contribution in [0, 0.1) is 0 Å².